The van der Waals surface area contributed by atoms with Gasteiger partial charge < -0.3 is 14.8 Å². The fraction of sp³-hybridized carbons (Fsp3) is 0.750. The summed E-state index contributed by atoms with van der Waals surface area (Å²) < 4.78 is 2.12. The van der Waals surface area contributed by atoms with Crippen molar-refractivity contribution in [3.63, 3.8) is 0 Å². The molecule has 1 aliphatic heterocycles. The number of hydrogen-bond acceptors (Lipinski definition) is 3. The molecule has 16 heavy (non-hydrogen) atoms. The van der Waals surface area contributed by atoms with E-state index in [-0.39, 0.29) is 0 Å². The van der Waals surface area contributed by atoms with Crippen molar-refractivity contribution in [3.8, 4) is 0 Å². The molecule has 2 heterocycles. The third kappa shape index (κ3) is 2.38. The van der Waals surface area contributed by atoms with Crippen LogP contribution in [-0.4, -0.2) is 35.2 Å². The monoisotopic (exact) mass is 222 g/mol. The number of nitrogens with one attached hydrogen (secondary N) is 1. The summed E-state index contributed by atoms with van der Waals surface area (Å²) in [7, 11) is 2.07. The van der Waals surface area contributed by atoms with Crippen molar-refractivity contribution >= 4 is 5.95 Å². The first-order valence-corrected chi connectivity index (χ1v) is 6.27. The molecular weight excluding hydrogens is 200 g/mol. The Kier molecular flexibility index (Phi) is 3.83. The maximum Gasteiger partial charge on any atom is 0.205 e. The van der Waals surface area contributed by atoms with E-state index in [1.165, 1.54) is 19.3 Å². The van der Waals surface area contributed by atoms with Gasteiger partial charge in [0.15, 0.2) is 0 Å². The molecule has 2 rings (SSSR count). The average molecular weight is 222 g/mol. The molecule has 1 saturated heterocycles. The third-order valence-corrected chi connectivity index (χ3v) is 3.23. The van der Waals surface area contributed by atoms with Crippen LogP contribution in [0.1, 0.15) is 26.2 Å². The van der Waals surface area contributed by atoms with Gasteiger partial charge in [0.2, 0.25) is 5.95 Å². The second kappa shape index (κ2) is 5.34. The minimum atomic E-state index is 0.606. The lowest BCUT2D eigenvalue weighted by Crippen LogP contribution is -2.47. The van der Waals surface area contributed by atoms with Gasteiger partial charge in [-0.15, -0.1) is 0 Å². The molecule has 0 bridgehead atoms. The number of nitrogens with zero attached hydrogens (tertiary/aromatic N) is 3. The van der Waals surface area contributed by atoms with Crippen LogP contribution >= 0.6 is 0 Å². The van der Waals surface area contributed by atoms with Crippen LogP contribution in [0.3, 0.4) is 0 Å². The van der Waals surface area contributed by atoms with E-state index in [9.17, 15) is 0 Å². The van der Waals surface area contributed by atoms with Crippen LogP contribution in [0.4, 0.5) is 5.95 Å². The number of aromatic nitrogens is 2. The quantitative estimate of drug-likeness (QED) is 0.835. The van der Waals surface area contributed by atoms with Crippen LogP contribution in [0.5, 0.6) is 0 Å². The zero-order valence-electron chi connectivity index (χ0n) is 10.3. The number of piperidine rings is 1. The predicted molar refractivity (Wildman–Crippen MR) is 66.7 cm³/mol. The molecule has 0 spiro atoms. The summed E-state index contributed by atoms with van der Waals surface area (Å²) in [5.41, 5.74) is 0. The average Bonchev–Trinajstić information content (AvgIpc) is 2.73. The van der Waals surface area contributed by atoms with Gasteiger partial charge in [-0.1, -0.05) is 6.92 Å². The van der Waals surface area contributed by atoms with E-state index in [1.54, 1.807) is 0 Å². The largest absolute Gasteiger partial charge is 0.338 e. The first-order valence-electron chi connectivity index (χ1n) is 6.27. The summed E-state index contributed by atoms with van der Waals surface area (Å²) in [5, 5.41) is 3.48. The summed E-state index contributed by atoms with van der Waals surface area (Å²) in [5.74, 6) is 1.11. The second-order valence-electron chi connectivity index (χ2n) is 4.53. The third-order valence-electron chi connectivity index (χ3n) is 3.23. The number of anilines is 1. The van der Waals surface area contributed by atoms with E-state index in [2.05, 4.69) is 33.7 Å². The standard InChI is InChI=1S/C12H22N4/c1-3-8-16(11-5-4-6-13-10-11)12-14-7-9-15(12)2/h7,9,11,13H,3-6,8,10H2,1-2H3. The molecular formula is C12H22N4. The van der Waals surface area contributed by atoms with Crippen molar-refractivity contribution in [2.24, 2.45) is 7.05 Å². The van der Waals surface area contributed by atoms with Gasteiger partial charge in [-0.25, -0.2) is 4.98 Å². The lowest BCUT2D eigenvalue weighted by molar-refractivity contribution is 0.424. The van der Waals surface area contributed by atoms with Gasteiger partial charge in [0.1, 0.15) is 0 Å². The smallest absolute Gasteiger partial charge is 0.205 e. The minimum absolute atomic E-state index is 0.606. The van der Waals surface area contributed by atoms with Gasteiger partial charge in [0.05, 0.1) is 0 Å². The number of imidazole rings is 1. The summed E-state index contributed by atoms with van der Waals surface area (Å²) in [6.45, 7) is 5.58. The molecule has 1 atom stereocenters. The van der Waals surface area contributed by atoms with Gasteiger partial charge in [0, 0.05) is 38.6 Å². The maximum atomic E-state index is 4.47. The summed E-state index contributed by atoms with van der Waals surface area (Å²) in [6, 6.07) is 0.606. The molecule has 0 aliphatic carbocycles. The van der Waals surface area contributed by atoms with E-state index in [4.69, 9.17) is 0 Å². The van der Waals surface area contributed by atoms with Crippen LogP contribution in [0.15, 0.2) is 12.4 Å². The van der Waals surface area contributed by atoms with Crippen molar-refractivity contribution in [1.82, 2.24) is 14.9 Å². The molecule has 1 aliphatic rings. The Bertz CT molecular complexity index is 315. The molecule has 4 nitrogen and oxygen atoms in total. The molecule has 1 fully saturated rings. The van der Waals surface area contributed by atoms with Crippen LogP contribution in [0.25, 0.3) is 0 Å². The Morgan fingerprint density at radius 2 is 2.50 bits per heavy atom. The normalized spacial score (nSPS) is 21.0. The Labute approximate surface area is 97.7 Å². The fourth-order valence-electron chi connectivity index (χ4n) is 2.42. The molecule has 90 valence electrons. The molecule has 1 unspecified atom stereocenters. The SMILES string of the molecule is CCCN(c1nccn1C)C1CCCNC1. The van der Waals surface area contributed by atoms with E-state index < -0.39 is 0 Å². The Hall–Kier alpha value is -1.03. The second-order valence-corrected chi connectivity index (χ2v) is 4.53. The summed E-state index contributed by atoms with van der Waals surface area (Å²) in [6.07, 6.45) is 7.63. The highest BCUT2D eigenvalue weighted by Gasteiger charge is 2.22. The maximum absolute atomic E-state index is 4.47. The summed E-state index contributed by atoms with van der Waals surface area (Å²) >= 11 is 0. The van der Waals surface area contributed by atoms with Crippen molar-refractivity contribution in [1.29, 1.82) is 0 Å². The minimum Gasteiger partial charge on any atom is -0.338 e. The first kappa shape index (κ1) is 11.5. The zero-order valence-corrected chi connectivity index (χ0v) is 10.3. The topological polar surface area (TPSA) is 33.1 Å². The van der Waals surface area contributed by atoms with Crippen molar-refractivity contribution in [2.45, 2.75) is 32.2 Å². The molecule has 4 heteroatoms. The molecule has 1 aromatic heterocycles. The lowest BCUT2D eigenvalue weighted by Gasteiger charge is -2.35. The van der Waals surface area contributed by atoms with E-state index in [0.29, 0.717) is 6.04 Å². The fourth-order valence-corrected chi connectivity index (χ4v) is 2.42. The number of rotatable bonds is 4. The molecule has 0 saturated carbocycles. The van der Waals surface area contributed by atoms with Crippen LogP contribution < -0.4 is 10.2 Å². The molecule has 1 aromatic rings. The van der Waals surface area contributed by atoms with Crippen molar-refractivity contribution in [3.05, 3.63) is 12.4 Å². The van der Waals surface area contributed by atoms with Gasteiger partial charge >= 0.3 is 0 Å². The number of aryl methyl sites for hydroxylation is 1. The molecule has 0 radical (unpaired) electrons. The highest BCUT2D eigenvalue weighted by molar-refractivity contribution is 5.33. The first-order chi connectivity index (χ1) is 7.83. The highest BCUT2D eigenvalue weighted by Crippen LogP contribution is 2.18. The Morgan fingerprint density at radius 1 is 1.62 bits per heavy atom. The molecule has 1 N–H and O–H groups in total. The van der Waals surface area contributed by atoms with Crippen LogP contribution in [0.2, 0.25) is 0 Å². The number of hydrogen-bond donors (Lipinski definition) is 1. The lowest BCUT2D eigenvalue weighted by atomic mass is 10.1. The van der Waals surface area contributed by atoms with E-state index >= 15 is 0 Å². The van der Waals surface area contributed by atoms with Gasteiger partial charge in [-0.2, -0.15) is 0 Å². The van der Waals surface area contributed by atoms with Crippen molar-refractivity contribution < 1.29 is 0 Å². The van der Waals surface area contributed by atoms with Crippen LogP contribution in [-0.2, 0) is 7.05 Å². The van der Waals surface area contributed by atoms with Crippen molar-refractivity contribution in [2.75, 3.05) is 24.5 Å². The summed E-state index contributed by atoms with van der Waals surface area (Å²) in [4.78, 5) is 6.92. The highest BCUT2D eigenvalue weighted by atomic mass is 15.3. The van der Waals surface area contributed by atoms with Gasteiger partial charge in [-0.3, -0.25) is 0 Å². The predicted octanol–water partition coefficient (Wildman–Crippen LogP) is 1.39. The Balaban J connectivity index is 2.12. The van der Waals surface area contributed by atoms with E-state index in [1.807, 2.05) is 12.4 Å². The van der Waals surface area contributed by atoms with Gasteiger partial charge in [-0.05, 0) is 25.8 Å². The molecule has 0 amide bonds. The zero-order chi connectivity index (χ0) is 11.4. The van der Waals surface area contributed by atoms with Gasteiger partial charge in [0.25, 0.3) is 0 Å². The molecule has 0 aromatic carbocycles. The van der Waals surface area contributed by atoms with E-state index in [0.717, 1.165) is 25.6 Å². The van der Waals surface area contributed by atoms with Crippen LogP contribution in [0, 0.1) is 0 Å². The Morgan fingerprint density at radius 3 is 3.06 bits per heavy atom.